The molecule has 0 aromatic heterocycles. The van der Waals surface area contributed by atoms with E-state index in [1.165, 1.54) is 18.2 Å². The van der Waals surface area contributed by atoms with Gasteiger partial charge < -0.3 is 9.47 Å². The van der Waals surface area contributed by atoms with Crippen molar-refractivity contribution < 1.29 is 32.2 Å². The van der Waals surface area contributed by atoms with Crippen LogP contribution in [0.3, 0.4) is 0 Å². The summed E-state index contributed by atoms with van der Waals surface area (Å²) >= 11 is 0. The summed E-state index contributed by atoms with van der Waals surface area (Å²) in [6.45, 7) is 0.599. The maximum absolute atomic E-state index is 13.5. The number of carbonyl (C=O) groups is 2. The van der Waals surface area contributed by atoms with Crippen LogP contribution in [0.1, 0.15) is 45.8 Å². The Bertz CT molecular complexity index is 1330. The van der Waals surface area contributed by atoms with Crippen molar-refractivity contribution >= 4 is 11.9 Å². The Kier molecular flexibility index (Phi) is 6.22. The van der Waals surface area contributed by atoms with Gasteiger partial charge in [-0.05, 0) is 41.2 Å². The van der Waals surface area contributed by atoms with Crippen molar-refractivity contribution in [3.8, 4) is 11.1 Å². The summed E-state index contributed by atoms with van der Waals surface area (Å²) < 4.78 is 52.1. The van der Waals surface area contributed by atoms with E-state index < -0.39 is 41.6 Å². The van der Waals surface area contributed by atoms with E-state index in [9.17, 15) is 22.8 Å². The van der Waals surface area contributed by atoms with Gasteiger partial charge in [-0.15, -0.1) is 0 Å². The van der Waals surface area contributed by atoms with E-state index in [0.29, 0.717) is 0 Å². The van der Waals surface area contributed by atoms with Crippen LogP contribution in [0.5, 0.6) is 0 Å². The molecule has 1 amide bonds. The second-order valence-electron chi connectivity index (χ2n) is 10.1. The van der Waals surface area contributed by atoms with Gasteiger partial charge in [-0.3, -0.25) is 9.69 Å². The number of ether oxygens (including phenoxy) is 2. The van der Waals surface area contributed by atoms with Gasteiger partial charge in [-0.2, -0.15) is 13.2 Å². The van der Waals surface area contributed by atoms with Crippen molar-refractivity contribution in [1.29, 1.82) is 0 Å². The standard InChI is InChI=1S/C30H26F3NO4/c31-30(32,33)27-12-6-5-11-25(27)28(35)18-13-19-15-37-16-20(14-18)34(19)29(36)38-17-26-23-9-3-1-7-21(23)22-8-2-4-10-24(22)26/h1-12,18-20,26H,13-17H2. The lowest BCUT2D eigenvalue weighted by molar-refractivity contribution is -0.138. The third-order valence-corrected chi connectivity index (χ3v) is 7.94. The molecule has 2 heterocycles. The van der Waals surface area contributed by atoms with E-state index in [1.54, 1.807) is 4.90 Å². The SMILES string of the molecule is O=C(c1ccccc1C(F)(F)F)C1CC2COCC(C1)N2C(=O)OCC1c2ccccc2-c2ccccc21. The minimum Gasteiger partial charge on any atom is -0.448 e. The number of halogens is 3. The molecule has 5 nitrogen and oxygen atoms in total. The Morgan fingerprint density at radius 1 is 0.842 bits per heavy atom. The molecule has 196 valence electrons. The van der Waals surface area contributed by atoms with Crippen LogP contribution in [0.2, 0.25) is 0 Å². The molecule has 2 aliphatic heterocycles. The lowest BCUT2D eigenvalue weighted by Gasteiger charge is -2.47. The highest BCUT2D eigenvalue weighted by Crippen LogP contribution is 2.45. The number of fused-ring (bicyclic) bond motifs is 5. The molecule has 2 bridgehead atoms. The molecule has 2 unspecified atom stereocenters. The number of Topliss-reactive ketones (excluding diaryl/α,β-unsaturated/α-hetero) is 1. The van der Waals surface area contributed by atoms with Crippen molar-refractivity contribution in [2.24, 2.45) is 5.92 Å². The van der Waals surface area contributed by atoms with E-state index in [1.807, 2.05) is 36.4 Å². The third kappa shape index (κ3) is 4.26. The molecule has 0 saturated carbocycles. The first-order chi connectivity index (χ1) is 18.3. The number of amides is 1. The van der Waals surface area contributed by atoms with Crippen LogP contribution in [0.25, 0.3) is 11.1 Å². The summed E-state index contributed by atoms with van der Waals surface area (Å²) in [6.07, 6.45) is -4.64. The molecule has 1 aliphatic carbocycles. The van der Waals surface area contributed by atoms with E-state index in [2.05, 4.69) is 12.1 Å². The molecule has 6 rings (SSSR count). The highest BCUT2D eigenvalue weighted by atomic mass is 19.4. The van der Waals surface area contributed by atoms with Crippen molar-refractivity contribution in [2.45, 2.75) is 37.0 Å². The number of hydrogen-bond donors (Lipinski definition) is 0. The fraction of sp³-hybridized carbons (Fsp3) is 0.333. The van der Waals surface area contributed by atoms with Crippen molar-refractivity contribution in [1.82, 2.24) is 4.90 Å². The molecule has 0 N–H and O–H groups in total. The number of rotatable bonds is 4. The molecule has 3 aromatic rings. The summed E-state index contributed by atoms with van der Waals surface area (Å²) in [6, 6.07) is 20.2. The summed E-state index contributed by atoms with van der Waals surface area (Å²) in [5.41, 5.74) is 3.24. The number of hydrogen-bond acceptors (Lipinski definition) is 4. The number of morpholine rings is 1. The molecule has 2 atom stereocenters. The number of piperidine rings is 1. The van der Waals surface area contributed by atoms with Crippen LogP contribution < -0.4 is 0 Å². The average molecular weight is 522 g/mol. The van der Waals surface area contributed by atoms with Crippen molar-refractivity contribution in [3.05, 3.63) is 95.1 Å². The second-order valence-corrected chi connectivity index (χ2v) is 10.1. The first kappa shape index (κ1) is 24.7. The summed E-state index contributed by atoms with van der Waals surface area (Å²) in [7, 11) is 0. The zero-order valence-corrected chi connectivity index (χ0v) is 20.5. The molecule has 2 saturated heterocycles. The largest absolute Gasteiger partial charge is 0.448 e. The van der Waals surface area contributed by atoms with Gasteiger partial charge in [0.1, 0.15) is 6.61 Å². The highest BCUT2D eigenvalue weighted by Gasteiger charge is 2.46. The molecule has 0 spiro atoms. The maximum Gasteiger partial charge on any atom is 0.417 e. The number of nitrogens with zero attached hydrogens (tertiary/aromatic N) is 1. The quantitative estimate of drug-likeness (QED) is 0.377. The molecule has 2 fully saturated rings. The van der Waals surface area contributed by atoms with E-state index >= 15 is 0 Å². The van der Waals surface area contributed by atoms with Crippen molar-refractivity contribution in [3.63, 3.8) is 0 Å². The lowest BCUT2D eigenvalue weighted by atomic mass is 9.80. The fourth-order valence-corrected chi connectivity index (χ4v) is 6.26. The topological polar surface area (TPSA) is 55.8 Å². The minimum absolute atomic E-state index is 0.0829. The predicted molar refractivity (Wildman–Crippen MR) is 134 cm³/mol. The van der Waals surface area contributed by atoms with Crippen LogP contribution in [-0.4, -0.2) is 48.7 Å². The maximum atomic E-state index is 13.5. The minimum atomic E-state index is -4.62. The molecule has 3 aromatic carbocycles. The van der Waals surface area contributed by atoms with Crippen LogP contribution in [-0.2, 0) is 15.7 Å². The first-order valence-corrected chi connectivity index (χ1v) is 12.7. The summed E-state index contributed by atoms with van der Waals surface area (Å²) in [5.74, 6) is -1.25. The van der Waals surface area contributed by atoms with Crippen LogP contribution >= 0.6 is 0 Å². The zero-order chi connectivity index (χ0) is 26.4. The monoisotopic (exact) mass is 521 g/mol. The highest BCUT2D eigenvalue weighted by molar-refractivity contribution is 5.99. The number of ketones is 1. The molecule has 0 radical (unpaired) electrons. The van der Waals surface area contributed by atoms with Gasteiger partial charge in [0.05, 0.1) is 30.9 Å². The van der Waals surface area contributed by atoms with E-state index in [4.69, 9.17) is 9.47 Å². The Hall–Kier alpha value is -3.65. The Balaban J connectivity index is 1.18. The van der Waals surface area contributed by atoms with E-state index in [0.717, 1.165) is 28.3 Å². The van der Waals surface area contributed by atoms with Crippen LogP contribution in [0.15, 0.2) is 72.8 Å². The second kappa shape index (κ2) is 9.58. The third-order valence-electron chi connectivity index (χ3n) is 7.94. The smallest absolute Gasteiger partial charge is 0.417 e. The van der Waals surface area contributed by atoms with Gasteiger partial charge in [0, 0.05) is 17.4 Å². The lowest BCUT2D eigenvalue weighted by Crippen LogP contribution is -2.60. The number of carbonyl (C=O) groups excluding carboxylic acids is 2. The molecular formula is C30H26F3NO4. The number of alkyl halides is 3. The fourth-order valence-electron chi connectivity index (χ4n) is 6.26. The average Bonchev–Trinajstić information content (AvgIpc) is 3.23. The Morgan fingerprint density at radius 3 is 2.00 bits per heavy atom. The van der Waals surface area contributed by atoms with Gasteiger partial charge >= 0.3 is 12.3 Å². The normalized spacial score (nSPS) is 22.5. The Morgan fingerprint density at radius 2 is 1.39 bits per heavy atom. The van der Waals surface area contributed by atoms with Gasteiger partial charge in [0.25, 0.3) is 0 Å². The molecular weight excluding hydrogens is 495 g/mol. The molecule has 8 heteroatoms. The van der Waals surface area contributed by atoms with E-state index in [-0.39, 0.29) is 44.1 Å². The van der Waals surface area contributed by atoms with Gasteiger partial charge in [-0.1, -0.05) is 66.7 Å². The van der Waals surface area contributed by atoms with Gasteiger partial charge in [-0.25, -0.2) is 4.79 Å². The predicted octanol–water partition coefficient (Wildman–Crippen LogP) is 6.32. The zero-order valence-electron chi connectivity index (χ0n) is 20.5. The molecule has 38 heavy (non-hydrogen) atoms. The van der Waals surface area contributed by atoms with Gasteiger partial charge in [0.2, 0.25) is 0 Å². The van der Waals surface area contributed by atoms with Crippen LogP contribution in [0.4, 0.5) is 18.0 Å². The number of benzene rings is 3. The molecule has 3 aliphatic rings. The van der Waals surface area contributed by atoms with Crippen LogP contribution in [0, 0.1) is 5.92 Å². The van der Waals surface area contributed by atoms with Gasteiger partial charge in [0.15, 0.2) is 5.78 Å². The Labute approximate surface area is 218 Å². The first-order valence-electron chi connectivity index (χ1n) is 12.7. The summed E-state index contributed by atoms with van der Waals surface area (Å²) in [5, 5.41) is 0. The summed E-state index contributed by atoms with van der Waals surface area (Å²) in [4.78, 5) is 28.2. The van der Waals surface area contributed by atoms with Crippen molar-refractivity contribution in [2.75, 3.05) is 19.8 Å².